The molecule has 0 fully saturated rings. The highest BCUT2D eigenvalue weighted by atomic mass is 127. The van der Waals surface area contributed by atoms with E-state index in [0.29, 0.717) is 17.1 Å². The fourth-order valence-electron chi connectivity index (χ4n) is 1.43. The minimum absolute atomic E-state index is 0.0950. The van der Waals surface area contributed by atoms with Crippen LogP contribution in [0.4, 0.5) is 0 Å². The molecule has 4 heteroatoms. The molecule has 0 aliphatic heterocycles. The van der Waals surface area contributed by atoms with Gasteiger partial charge < -0.3 is 4.74 Å². The molecule has 0 aliphatic carbocycles. The minimum atomic E-state index is -0.0950. The van der Waals surface area contributed by atoms with Crippen LogP contribution in [0, 0.1) is 3.57 Å². The van der Waals surface area contributed by atoms with E-state index in [1.54, 1.807) is 24.3 Å². The van der Waals surface area contributed by atoms with E-state index in [2.05, 4.69) is 27.6 Å². The van der Waals surface area contributed by atoms with Gasteiger partial charge in [-0.25, -0.2) is 4.98 Å². The van der Waals surface area contributed by atoms with Crippen LogP contribution in [0.1, 0.15) is 16.1 Å². The number of rotatable bonds is 3. The SMILES string of the molecule is COc1cccc(C(=O)c2cccc(I)c2)n1. The number of nitrogens with zero attached hydrogens (tertiary/aromatic N) is 1. The summed E-state index contributed by atoms with van der Waals surface area (Å²) >= 11 is 2.17. The lowest BCUT2D eigenvalue weighted by molar-refractivity contribution is 0.103. The Bertz CT molecular complexity index is 555. The van der Waals surface area contributed by atoms with Crippen molar-refractivity contribution < 1.29 is 9.53 Å². The Labute approximate surface area is 113 Å². The predicted molar refractivity (Wildman–Crippen MR) is 73.4 cm³/mol. The van der Waals surface area contributed by atoms with Crippen molar-refractivity contribution in [2.24, 2.45) is 0 Å². The Morgan fingerprint density at radius 2 is 2.00 bits per heavy atom. The van der Waals surface area contributed by atoms with E-state index in [1.165, 1.54) is 7.11 Å². The Hall–Kier alpha value is -1.43. The molecule has 0 radical (unpaired) electrons. The second kappa shape index (κ2) is 5.27. The predicted octanol–water partition coefficient (Wildman–Crippen LogP) is 2.93. The molecule has 3 nitrogen and oxygen atoms in total. The summed E-state index contributed by atoms with van der Waals surface area (Å²) in [6, 6.07) is 12.6. The van der Waals surface area contributed by atoms with Crippen LogP contribution in [-0.2, 0) is 0 Å². The third-order valence-electron chi connectivity index (χ3n) is 2.25. The Balaban J connectivity index is 2.36. The molecular formula is C13H10INO2. The average Bonchev–Trinajstić information content (AvgIpc) is 2.38. The molecule has 17 heavy (non-hydrogen) atoms. The fourth-order valence-corrected chi connectivity index (χ4v) is 1.98. The molecular weight excluding hydrogens is 329 g/mol. The van der Waals surface area contributed by atoms with Gasteiger partial charge in [0.25, 0.3) is 0 Å². The molecule has 86 valence electrons. The number of benzene rings is 1. The van der Waals surface area contributed by atoms with Gasteiger partial charge in [-0.15, -0.1) is 0 Å². The summed E-state index contributed by atoms with van der Waals surface area (Å²) in [6.07, 6.45) is 0. The molecule has 0 atom stereocenters. The van der Waals surface area contributed by atoms with Crippen molar-refractivity contribution in [3.05, 3.63) is 57.3 Å². The Morgan fingerprint density at radius 3 is 2.71 bits per heavy atom. The zero-order valence-electron chi connectivity index (χ0n) is 9.18. The summed E-state index contributed by atoms with van der Waals surface area (Å²) in [4.78, 5) is 16.3. The van der Waals surface area contributed by atoms with Crippen molar-refractivity contribution in [2.75, 3.05) is 7.11 Å². The highest BCUT2D eigenvalue weighted by Crippen LogP contribution is 2.14. The molecule has 0 aliphatic rings. The van der Waals surface area contributed by atoms with E-state index >= 15 is 0 Å². The number of halogens is 1. The summed E-state index contributed by atoms with van der Waals surface area (Å²) in [7, 11) is 1.53. The number of carbonyl (C=O) groups is 1. The average molecular weight is 339 g/mol. The van der Waals surface area contributed by atoms with E-state index in [9.17, 15) is 4.79 Å². The van der Waals surface area contributed by atoms with Crippen LogP contribution in [-0.4, -0.2) is 17.9 Å². The number of ketones is 1. The minimum Gasteiger partial charge on any atom is -0.481 e. The van der Waals surface area contributed by atoms with Crippen molar-refractivity contribution in [1.82, 2.24) is 4.98 Å². The van der Waals surface area contributed by atoms with Crippen LogP contribution >= 0.6 is 22.6 Å². The maximum absolute atomic E-state index is 12.1. The smallest absolute Gasteiger partial charge is 0.213 e. The third kappa shape index (κ3) is 2.82. The van der Waals surface area contributed by atoms with Crippen molar-refractivity contribution in [2.45, 2.75) is 0 Å². The van der Waals surface area contributed by atoms with Gasteiger partial charge in [-0.2, -0.15) is 0 Å². The first-order valence-corrected chi connectivity index (χ1v) is 6.10. The molecule has 1 aromatic heterocycles. The maximum atomic E-state index is 12.1. The molecule has 1 aromatic carbocycles. The number of hydrogen-bond donors (Lipinski definition) is 0. The first kappa shape index (κ1) is 12.0. The third-order valence-corrected chi connectivity index (χ3v) is 2.92. The number of aromatic nitrogens is 1. The summed E-state index contributed by atoms with van der Waals surface area (Å²) < 4.78 is 6.02. The second-order valence-corrected chi connectivity index (χ2v) is 4.65. The Morgan fingerprint density at radius 1 is 1.24 bits per heavy atom. The number of pyridine rings is 1. The van der Waals surface area contributed by atoms with Gasteiger partial charge in [0.2, 0.25) is 11.7 Å². The number of methoxy groups -OCH3 is 1. The first-order chi connectivity index (χ1) is 8.20. The van der Waals surface area contributed by atoms with E-state index in [-0.39, 0.29) is 5.78 Å². The fraction of sp³-hybridized carbons (Fsp3) is 0.0769. The van der Waals surface area contributed by atoms with Gasteiger partial charge in [-0.1, -0.05) is 18.2 Å². The van der Waals surface area contributed by atoms with Crippen LogP contribution < -0.4 is 4.74 Å². The zero-order chi connectivity index (χ0) is 12.3. The van der Waals surface area contributed by atoms with Gasteiger partial charge in [0, 0.05) is 15.2 Å². The normalized spacial score (nSPS) is 10.0. The highest BCUT2D eigenvalue weighted by Gasteiger charge is 2.11. The molecule has 0 N–H and O–H groups in total. The number of ether oxygens (including phenoxy) is 1. The largest absolute Gasteiger partial charge is 0.481 e. The second-order valence-electron chi connectivity index (χ2n) is 3.40. The highest BCUT2D eigenvalue weighted by molar-refractivity contribution is 14.1. The monoisotopic (exact) mass is 339 g/mol. The van der Waals surface area contributed by atoms with Crippen molar-refractivity contribution in [3.63, 3.8) is 0 Å². The molecule has 0 saturated carbocycles. The standard InChI is InChI=1S/C13H10INO2/c1-17-12-7-3-6-11(15-12)13(16)9-4-2-5-10(14)8-9/h2-8H,1H3. The molecule has 0 bridgehead atoms. The van der Waals surface area contributed by atoms with Crippen LogP contribution in [0.25, 0.3) is 0 Å². The van der Waals surface area contributed by atoms with E-state index < -0.39 is 0 Å². The lowest BCUT2D eigenvalue weighted by Crippen LogP contribution is -2.04. The molecule has 0 unspecified atom stereocenters. The molecule has 0 spiro atoms. The lowest BCUT2D eigenvalue weighted by Gasteiger charge is -2.03. The Kier molecular flexibility index (Phi) is 3.73. The van der Waals surface area contributed by atoms with Crippen molar-refractivity contribution in [1.29, 1.82) is 0 Å². The van der Waals surface area contributed by atoms with E-state index in [0.717, 1.165) is 3.57 Å². The topological polar surface area (TPSA) is 39.2 Å². The van der Waals surface area contributed by atoms with Crippen LogP contribution in [0.5, 0.6) is 5.88 Å². The maximum Gasteiger partial charge on any atom is 0.213 e. The molecule has 1 heterocycles. The van der Waals surface area contributed by atoms with Gasteiger partial charge in [0.1, 0.15) is 5.69 Å². The molecule has 2 aromatic rings. The first-order valence-electron chi connectivity index (χ1n) is 5.02. The van der Waals surface area contributed by atoms with Gasteiger partial charge in [-0.05, 0) is 40.8 Å². The van der Waals surface area contributed by atoms with E-state index in [4.69, 9.17) is 4.74 Å². The molecule has 0 saturated heterocycles. The number of hydrogen-bond acceptors (Lipinski definition) is 3. The van der Waals surface area contributed by atoms with Gasteiger partial charge in [0.15, 0.2) is 0 Å². The van der Waals surface area contributed by atoms with Gasteiger partial charge in [0.05, 0.1) is 7.11 Å². The van der Waals surface area contributed by atoms with Crippen molar-refractivity contribution >= 4 is 28.4 Å². The number of carbonyl (C=O) groups excluding carboxylic acids is 1. The van der Waals surface area contributed by atoms with Gasteiger partial charge >= 0.3 is 0 Å². The summed E-state index contributed by atoms with van der Waals surface area (Å²) in [6.45, 7) is 0. The molecule has 0 amide bonds. The van der Waals surface area contributed by atoms with Gasteiger partial charge in [-0.3, -0.25) is 4.79 Å². The van der Waals surface area contributed by atoms with Crippen LogP contribution in [0.2, 0.25) is 0 Å². The summed E-state index contributed by atoms with van der Waals surface area (Å²) in [5.74, 6) is 0.351. The lowest BCUT2D eigenvalue weighted by atomic mass is 10.1. The quantitative estimate of drug-likeness (QED) is 0.638. The summed E-state index contributed by atoms with van der Waals surface area (Å²) in [5, 5.41) is 0. The molecule has 2 rings (SSSR count). The van der Waals surface area contributed by atoms with E-state index in [1.807, 2.05) is 18.2 Å². The summed E-state index contributed by atoms with van der Waals surface area (Å²) in [5.41, 5.74) is 1.03. The van der Waals surface area contributed by atoms with Crippen molar-refractivity contribution in [3.8, 4) is 5.88 Å². The van der Waals surface area contributed by atoms with Crippen LogP contribution in [0.3, 0.4) is 0 Å². The zero-order valence-corrected chi connectivity index (χ0v) is 11.3. The van der Waals surface area contributed by atoms with Crippen LogP contribution in [0.15, 0.2) is 42.5 Å².